The number of hydrogen-bond donors (Lipinski definition) is 0. The molecule has 9 aromatic rings. The van der Waals surface area contributed by atoms with E-state index < -0.39 is 0 Å². The summed E-state index contributed by atoms with van der Waals surface area (Å²) in [5.41, 5.74) is 18.3. The van der Waals surface area contributed by atoms with E-state index >= 15 is 0 Å². The van der Waals surface area contributed by atoms with Crippen LogP contribution in [0.2, 0.25) is 0 Å². The minimum absolute atomic E-state index is 0.123. The van der Waals surface area contributed by atoms with Crippen LogP contribution in [0.3, 0.4) is 0 Å². The third kappa shape index (κ3) is 5.72. The summed E-state index contributed by atoms with van der Waals surface area (Å²) in [6.07, 6.45) is 0. The van der Waals surface area contributed by atoms with E-state index in [1.165, 1.54) is 77.5 Å². The van der Waals surface area contributed by atoms with Crippen molar-refractivity contribution in [2.75, 3.05) is 4.90 Å². The molecule has 0 amide bonds. The highest BCUT2D eigenvalue weighted by Crippen LogP contribution is 2.51. The van der Waals surface area contributed by atoms with E-state index in [-0.39, 0.29) is 5.41 Å². The van der Waals surface area contributed by atoms with E-state index in [0.717, 1.165) is 17.1 Å². The van der Waals surface area contributed by atoms with Gasteiger partial charge in [-0.25, -0.2) is 0 Å². The van der Waals surface area contributed by atoms with E-state index in [9.17, 15) is 0 Å². The summed E-state index contributed by atoms with van der Waals surface area (Å²) in [7, 11) is 0. The Hall–Kier alpha value is -6.96. The van der Waals surface area contributed by atoms with Gasteiger partial charge in [0.2, 0.25) is 0 Å². The maximum atomic E-state index is 2.46. The molecule has 10 rings (SSSR count). The number of nitrogens with zero attached hydrogens (tertiary/aromatic N) is 1. The quantitative estimate of drug-likeness (QED) is 0.159. The lowest BCUT2D eigenvalue weighted by atomic mass is 9.82. The lowest BCUT2D eigenvalue weighted by Crippen LogP contribution is -2.17. The first kappa shape index (κ1) is 33.6. The van der Waals surface area contributed by atoms with Crippen molar-refractivity contribution >= 4 is 27.8 Å². The standard InChI is InChI=1S/C55H41N/c1-55(2)51-27-13-12-24-48(51)49-34-33-45(37-52(49)55)56(53-35-30-43(38-16-6-3-7-17-38)36-50(53)40-20-10-5-11-21-40)44-31-28-41(29-32-44)47-26-15-23-42-22-14-25-46(54(42)47)39-18-8-4-9-19-39/h3-37H,1-2H3. The lowest BCUT2D eigenvalue weighted by molar-refractivity contribution is 0.660. The number of benzene rings is 9. The highest BCUT2D eigenvalue weighted by molar-refractivity contribution is 6.06. The molecular formula is C55H41N. The van der Waals surface area contributed by atoms with E-state index in [1.54, 1.807) is 0 Å². The molecule has 0 aromatic heterocycles. The monoisotopic (exact) mass is 715 g/mol. The van der Waals surface area contributed by atoms with Gasteiger partial charge in [-0.3, -0.25) is 0 Å². The van der Waals surface area contributed by atoms with Crippen molar-refractivity contribution in [3.05, 3.63) is 223 Å². The van der Waals surface area contributed by atoms with Gasteiger partial charge in [-0.2, -0.15) is 0 Å². The molecule has 266 valence electrons. The molecule has 0 bridgehead atoms. The van der Waals surface area contributed by atoms with E-state index in [1.807, 2.05) is 0 Å². The molecule has 1 aliphatic rings. The normalized spacial score (nSPS) is 12.6. The average molecular weight is 716 g/mol. The first-order valence-electron chi connectivity index (χ1n) is 19.5. The van der Waals surface area contributed by atoms with Crippen molar-refractivity contribution in [1.29, 1.82) is 0 Å². The van der Waals surface area contributed by atoms with Crippen molar-refractivity contribution in [3.63, 3.8) is 0 Å². The number of fused-ring (bicyclic) bond motifs is 4. The molecule has 0 aliphatic heterocycles. The molecule has 0 atom stereocenters. The Balaban J connectivity index is 1.17. The van der Waals surface area contributed by atoms with Gasteiger partial charge in [0.15, 0.2) is 0 Å². The van der Waals surface area contributed by atoms with Crippen molar-refractivity contribution in [2.45, 2.75) is 19.3 Å². The Kier molecular flexibility index (Phi) is 8.23. The Labute approximate surface area is 329 Å². The van der Waals surface area contributed by atoms with Crippen molar-refractivity contribution in [1.82, 2.24) is 0 Å². The fraction of sp³-hybridized carbons (Fsp3) is 0.0545. The molecule has 0 N–H and O–H groups in total. The molecule has 1 aliphatic carbocycles. The molecule has 56 heavy (non-hydrogen) atoms. The van der Waals surface area contributed by atoms with Gasteiger partial charge in [0, 0.05) is 22.4 Å². The number of hydrogen-bond acceptors (Lipinski definition) is 1. The van der Waals surface area contributed by atoms with Crippen molar-refractivity contribution < 1.29 is 0 Å². The van der Waals surface area contributed by atoms with Crippen LogP contribution in [0.1, 0.15) is 25.0 Å². The van der Waals surface area contributed by atoms with Crippen LogP contribution >= 0.6 is 0 Å². The highest BCUT2D eigenvalue weighted by atomic mass is 15.1. The fourth-order valence-corrected chi connectivity index (χ4v) is 8.88. The second-order valence-electron chi connectivity index (χ2n) is 15.3. The van der Waals surface area contributed by atoms with E-state index in [4.69, 9.17) is 0 Å². The van der Waals surface area contributed by atoms with E-state index in [2.05, 4.69) is 231 Å². The Bertz CT molecular complexity index is 2850. The van der Waals surface area contributed by atoms with Crippen LogP contribution in [0.25, 0.3) is 66.4 Å². The summed E-state index contributed by atoms with van der Waals surface area (Å²) in [6.45, 7) is 4.72. The lowest BCUT2D eigenvalue weighted by Gasteiger charge is -2.30. The Morgan fingerprint density at radius 1 is 0.321 bits per heavy atom. The zero-order valence-electron chi connectivity index (χ0n) is 31.7. The average Bonchev–Trinajstić information content (AvgIpc) is 3.50. The Morgan fingerprint density at radius 3 is 1.48 bits per heavy atom. The highest BCUT2D eigenvalue weighted by Gasteiger charge is 2.36. The summed E-state index contributed by atoms with van der Waals surface area (Å²) < 4.78 is 0. The maximum Gasteiger partial charge on any atom is 0.0540 e. The van der Waals surface area contributed by atoms with Gasteiger partial charge in [0.05, 0.1) is 5.69 Å². The topological polar surface area (TPSA) is 3.24 Å². The molecule has 0 radical (unpaired) electrons. The van der Waals surface area contributed by atoms with E-state index in [0.29, 0.717) is 0 Å². The summed E-state index contributed by atoms with van der Waals surface area (Å²) >= 11 is 0. The largest absolute Gasteiger partial charge is 0.310 e. The second kappa shape index (κ2) is 13.7. The van der Waals surface area contributed by atoms with Gasteiger partial charge < -0.3 is 4.90 Å². The van der Waals surface area contributed by atoms with Crippen LogP contribution in [0, 0.1) is 0 Å². The second-order valence-corrected chi connectivity index (χ2v) is 15.3. The SMILES string of the molecule is CC1(C)c2ccccc2-c2ccc(N(c3ccc(-c4cccc5cccc(-c6ccccc6)c45)cc3)c3ccc(-c4ccccc4)cc3-c3ccccc3)cc21. The van der Waals surface area contributed by atoms with Crippen molar-refractivity contribution in [2.24, 2.45) is 0 Å². The van der Waals surface area contributed by atoms with Gasteiger partial charge in [-0.15, -0.1) is 0 Å². The third-order valence-corrected chi connectivity index (χ3v) is 11.7. The van der Waals surface area contributed by atoms with Gasteiger partial charge in [-0.1, -0.05) is 190 Å². The molecule has 0 heterocycles. The molecule has 9 aromatic carbocycles. The third-order valence-electron chi connectivity index (χ3n) is 11.7. The minimum atomic E-state index is -0.123. The molecule has 1 heteroatoms. The molecule has 0 fully saturated rings. The van der Waals surface area contributed by atoms with Crippen LogP contribution in [-0.2, 0) is 5.41 Å². The summed E-state index contributed by atoms with van der Waals surface area (Å²) in [4.78, 5) is 2.46. The fourth-order valence-electron chi connectivity index (χ4n) is 8.88. The van der Waals surface area contributed by atoms with Crippen LogP contribution in [0.5, 0.6) is 0 Å². The molecule has 0 spiro atoms. The minimum Gasteiger partial charge on any atom is -0.310 e. The summed E-state index contributed by atoms with van der Waals surface area (Å²) in [6, 6.07) is 77.6. The first-order valence-corrected chi connectivity index (χ1v) is 19.5. The predicted octanol–water partition coefficient (Wildman–Crippen LogP) is 15.3. The van der Waals surface area contributed by atoms with Crippen molar-refractivity contribution in [3.8, 4) is 55.6 Å². The van der Waals surface area contributed by atoms with Gasteiger partial charge in [0.1, 0.15) is 0 Å². The maximum absolute atomic E-state index is 2.46. The zero-order valence-corrected chi connectivity index (χ0v) is 31.7. The molecule has 0 saturated carbocycles. The van der Waals surface area contributed by atoms with Crippen LogP contribution in [0.15, 0.2) is 212 Å². The smallest absolute Gasteiger partial charge is 0.0540 e. The Morgan fingerprint density at radius 2 is 0.821 bits per heavy atom. The van der Waals surface area contributed by atoms with Crippen LogP contribution in [0.4, 0.5) is 17.1 Å². The van der Waals surface area contributed by atoms with Gasteiger partial charge in [-0.05, 0) is 108 Å². The molecule has 1 nitrogen and oxygen atoms in total. The number of rotatable bonds is 7. The number of anilines is 3. The first-order chi connectivity index (χ1) is 27.5. The summed E-state index contributed by atoms with van der Waals surface area (Å²) in [5.74, 6) is 0. The predicted molar refractivity (Wildman–Crippen MR) is 238 cm³/mol. The molecular weight excluding hydrogens is 675 g/mol. The van der Waals surface area contributed by atoms with Crippen LogP contribution in [-0.4, -0.2) is 0 Å². The van der Waals surface area contributed by atoms with Gasteiger partial charge in [0.25, 0.3) is 0 Å². The summed E-state index contributed by atoms with van der Waals surface area (Å²) in [5, 5.41) is 2.51. The van der Waals surface area contributed by atoms with Crippen LogP contribution < -0.4 is 4.90 Å². The zero-order chi connectivity index (χ0) is 37.6. The molecule has 0 saturated heterocycles. The molecule has 0 unspecified atom stereocenters. The van der Waals surface area contributed by atoms with Gasteiger partial charge >= 0.3 is 0 Å².